The van der Waals surface area contributed by atoms with Gasteiger partial charge in [-0.05, 0) is 48.4 Å². The second kappa shape index (κ2) is 6.84. The minimum absolute atomic E-state index is 0.123. The van der Waals surface area contributed by atoms with E-state index in [0.29, 0.717) is 12.4 Å². The van der Waals surface area contributed by atoms with E-state index in [1.807, 2.05) is 31.2 Å². The van der Waals surface area contributed by atoms with Gasteiger partial charge in [-0.25, -0.2) is 4.98 Å². The van der Waals surface area contributed by atoms with Crippen LogP contribution in [0.3, 0.4) is 0 Å². The number of nitrogens with one attached hydrogen (secondary N) is 1. The number of hydrogen-bond donors (Lipinski definition) is 2. The third-order valence-corrected chi connectivity index (χ3v) is 5.45. The first-order chi connectivity index (χ1) is 14.5. The van der Waals surface area contributed by atoms with Gasteiger partial charge >= 0.3 is 0 Å². The van der Waals surface area contributed by atoms with Gasteiger partial charge in [0.1, 0.15) is 17.5 Å². The summed E-state index contributed by atoms with van der Waals surface area (Å²) in [6, 6.07) is 13.4. The Morgan fingerprint density at radius 1 is 1.07 bits per heavy atom. The average Bonchev–Trinajstić information content (AvgIpc) is 3.08. The molecule has 4 aromatic rings. The van der Waals surface area contributed by atoms with Gasteiger partial charge in [-0.3, -0.25) is 9.36 Å². The average molecular weight is 399 g/mol. The van der Waals surface area contributed by atoms with Gasteiger partial charge < -0.3 is 15.6 Å². The molecule has 3 N–H and O–H groups in total. The molecule has 1 atom stereocenters. The van der Waals surface area contributed by atoms with Gasteiger partial charge in [0.15, 0.2) is 0 Å². The zero-order valence-electron chi connectivity index (χ0n) is 16.7. The summed E-state index contributed by atoms with van der Waals surface area (Å²) in [5.41, 5.74) is 10.6. The predicted molar refractivity (Wildman–Crippen MR) is 116 cm³/mol. The third-order valence-electron chi connectivity index (χ3n) is 5.45. The van der Waals surface area contributed by atoms with Gasteiger partial charge in [0.25, 0.3) is 0 Å². The molecule has 30 heavy (non-hydrogen) atoms. The molecule has 0 aliphatic carbocycles. The van der Waals surface area contributed by atoms with Gasteiger partial charge in [0, 0.05) is 24.7 Å². The number of nitrogens with zero attached hydrogens (tertiary/aromatic N) is 5. The molecule has 0 bridgehead atoms. The Bertz CT molecular complexity index is 1270. The van der Waals surface area contributed by atoms with Crippen molar-refractivity contribution in [1.82, 2.24) is 24.7 Å². The lowest BCUT2D eigenvalue weighted by molar-refractivity contribution is 0.695. The van der Waals surface area contributed by atoms with Crippen LogP contribution in [-0.4, -0.2) is 31.3 Å². The number of fused-ring (bicyclic) bond motifs is 3. The fraction of sp³-hybridized carbons (Fsp3) is 0.182. The zero-order valence-corrected chi connectivity index (χ0v) is 16.7. The third kappa shape index (κ3) is 2.93. The number of benzene rings is 1. The molecular weight excluding hydrogens is 378 g/mol. The number of pyridine rings is 2. The number of nitrogen functional groups attached to an aromatic ring is 1. The summed E-state index contributed by atoms with van der Waals surface area (Å²) in [6.07, 6.45) is 3.52. The van der Waals surface area contributed by atoms with Crippen molar-refractivity contribution >= 4 is 17.2 Å². The van der Waals surface area contributed by atoms with Gasteiger partial charge in [0.05, 0.1) is 23.3 Å². The summed E-state index contributed by atoms with van der Waals surface area (Å²) in [5.74, 6) is 2.40. The first kappa shape index (κ1) is 18.1. The van der Waals surface area contributed by atoms with E-state index >= 15 is 0 Å². The summed E-state index contributed by atoms with van der Waals surface area (Å²) in [5, 5.41) is 8.75. The van der Waals surface area contributed by atoms with E-state index in [-0.39, 0.29) is 11.5 Å². The molecule has 5 rings (SSSR count). The van der Waals surface area contributed by atoms with Crippen LogP contribution in [0.5, 0.6) is 0 Å². The molecule has 1 aliphatic heterocycles. The maximum absolute atomic E-state index is 11.5. The number of nitrogens with two attached hydrogens (primary N) is 1. The van der Waals surface area contributed by atoms with E-state index in [4.69, 9.17) is 5.73 Å². The normalized spacial score (nSPS) is 15.4. The number of aromatic nitrogens is 5. The summed E-state index contributed by atoms with van der Waals surface area (Å²) in [6.45, 7) is 4.82. The molecule has 1 aliphatic rings. The largest absolute Gasteiger partial charge is 0.384 e. The molecule has 0 unspecified atom stereocenters. The Kier molecular flexibility index (Phi) is 4.13. The number of aryl methyl sites for hydroxylation is 1. The monoisotopic (exact) mass is 399 g/mol. The summed E-state index contributed by atoms with van der Waals surface area (Å²) in [7, 11) is 0. The van der Waals surface area contributed by atoms with Crippen LogP contribution in [0.2, 0.25) is 0 Å². The van der Waals surface area contributed by atoms with Gasteiger partial charge in [-0.2, -0.15) is 0 Å². The number of hydrogen-bond acceptors (Lipinski definition) is 6. The zero-order chi connectivity index (χ0) is 20.8. The summed E-state index contributed by atoms with van der Waals surface area (Å²) in [4.78, 5) is 20.7. The van der Waals surface area contributed by atoms with Crippen molar-refractivity contribution in [3.8, 4) is 16.8 Å². The fourth-order valence-electron chi connectivity index (χ4n) is 3.95. The predicted octanol–water partition coefficient (Wildman–Crippen LogP) is 3.16. The maximum atomic E-state index is 11.5. The molecular formula is C22H21N7O. The van der Waals surface area contributed by atoms with Crippen molar-refractivity contribution in [3.63, 3.8) is 0 Å². The molecule has 0 radical (unpaired) electrons. The Morgan fingerprint density at radius 3 is 2.63 bits per heavy atom. The van der Waals surface area contributed by atoms with Crippen LogP contribution in [-0.2, 0) is 0 Å². The smallest absolute Gasteiger partial charge is 0.247 e. The first-order valence-electron chi connectivity index (χ1n) is 9.76. The van der Waals surface area contributed by atoms with E-state index in [1.54, 1.807) is 12.4 Å². The molecule has 0 saturated heterocycles. The number of rotatable bonds is 2. The topological polar surface area (TPSA) is 106 Å². The quantitative estimate of drug-likeness (QED) is 0.536. The summed E-state index contributed by atoms with van der Waals surface area (Å²) < 4.78 is 2.11. The maximum Gasteiger partial charge on any atom is 0.247 e. The van der Waals surface area contributed by atoms with Crippen molar-refractivity contribution in [2.45, 2.75) is 19.8 Å². The highest BCUT2D eigenvalue weighted by Gasteiger charge is 2.28. The van der Waals surface area contributed by atoms with E-state index in [2.05, 4.69) is 48.7 Å². The minimum Gasteiger partial charge on any atom is -0.384 e. The first-order valence-corrected chi connectivity index (χ1v) is 9.76. The lowest BCUT2D eigenvalue weighted by Gasteiger charge is -2.26. The highest BCUT2D eigenvalue weighted by molar-refractivity contribution is 5.79. The van der Waals surface area contributed by atoms with Crippen molar-refractivity contribution in [1.29, 1.82) is 0 Å². The number of aromatic amines is 1. The van der Waals surface area contributed by atoms with Crippen LogP contribution in [0.15, 0.2) is 59.7 Å². The molecule has 3 aromatic heterocycles. The minimum atomic E-state index is -0.123. The van der Waals surface area contributed by atoms with Gasteiger partial charge in [-0.15, -0.1) is 10.2 Å². The van der Waals surface area contributed by atoms with Crippen LogP contribution >= 0.6 is 0 Å². The molecule has 4 heterocycles. The Hall–Kier alpha value is -3.94. The number of anilines is 3. The second-order valence-corrected chi connectivity index (χ2v) is 7.54. The lowest BCUT2D eigenvalue weighted by atomic mass is 10.0. The molecule has 8 nitrogen and oxygen atoms in total. The molecule has 0 amide bonds. The van der Waals surface area contributed by atoms with Crippen molar-refractivity contribution in [2.24, 2.45) is 0 Å². The molecule has 1 aromatic carbocycles. The lowest BCUT2D eigenvalue weighted by Crippen LogP contribution is -2.22. The Labute approximate surface area is 173 Å². The van der Waals surface area contributed by atoms with E-state index in [9.17, 15) is 4.79 Å². The molecule has 0 spiro atoms. The number of H-pyrrole nitrogens is 1. The second-order valence-electron chi connectivity index (χ2n) is 7.54. The highest BCUT2D eigenvalue weighted by atomic mass is 16.1. The molecule has 0 fully saturated rings. The van der Waals surface area contributed by atoms with E-state index in [1.165, 1.54) is 6.07 Å². The molecule has 150 valence electrons. The highest BCUT2D eigenvalue weighted by Crippen LogP contribution is 2.40. The van der Waals surface area contributed by atoms with E-state index < -0.39 is 0 Å². The van der Waals surface area contributed by atoms with Gasteiger partial charge in [0.2, 0.25) is 5.56 Å². The Morgan fingerprint density at radius 2 is 1.90 bits per heavy atom. The van der Waals surface area contributed by atoms with Crippen molar-refractivity contribution in [2.75, 3.05) is 17.2 Å². The van der Waals surface area contributed by atoms with Crippen LogP contribution in [0.4, 0.5) is 17.2 Å². The van der Waals surface area contributed by atoms with Crippen molar-refractivity contribution < 1.29 is 0 Å². The van der Waals surface area contributed by atoms with E-state index in [0.717, 1.165) is 39.8 Å². The summed E-state index contributed by atoms with van der Waals surface area (Å²) >= 11 is 0. The Balaban J connectivity index is 1.74. The molecule has 8 heteroatoms. The fourth-order valence-corrected chi connectivity index (χ4v) is 3.95. The van der Waals surface area contributed by atoms with Crippen LogP contribution in [0.1, 0.15) is 24.5 Å². The van der Waals surface area contributed by atoms with Crippen LogP contribution < -0.4 is 16.2 Å². The molecule has 0 saturated carbocycles. The van der Waals surface area contributed by atoms with Crippen molar-refractivity contribution in [3.05, 3.63) is 76.9 Å². The van der Waals surface area contributed by atoms with Crippen LogP contribution in [0.25, 0.3) is 16.8 Å². The SMILES string of the molecule is Cc1nnc2n1-c1ccc(-c3ccc(=O)[nH]c3)cc1N(c1ccc(N)nc1)C[C@H]2C. The standard InChI is InChI=1S/C22H21N7O/c1-13-12-28(17-5-7-20(23)24-11-17)19-9-15(16-4-8-21(30)25-10-16)3-6-18(19)29-14(2)26-27-22(13)29/h3-11,13H,12H2,1-2H3,(H2,23,24)(H,25,30)/t13-/m1/s1. The van der Waals surface area contributed by atoms with Crippen LogP contribution in [0, 0.1) is 6.92 Å². The van der Waals surface area contributed by atoms with Gasteiger partial charge in [-0.1, -0.05) is 13.0 Å².